The monoisotopic (exact) mass is 330 g/mol. The van der Waals surface area contributed by atoms with Gasteiger partial charge >= 0.3 is 0 Å². The molecule has 1 amide bonds. The summed E-state index contributed by atoms with van der Waals surface area (Å²) in [6, 6.07) is 7.96. The molecular formula is C15H14N4OS2. The Kier molecular flexibility index (Phi) is 4.17. The van der Waals surface area contributed by atoms with E-state index in [2.05, 4.69) is 16.3 Å². The zero-order chi connectivity index (χ0) is 15.7. The maximum atomic E-state index is 12.2. The van der Waals surface area contributed by atoms with Gasteiger partial charge in [0.25, 0.3) is 5.91 Å². The van der Waals surface area contributed by atoms with Crippen molar-refractivity contribution in [1.29, 1.82) is 5.41 Å². The predicted octanol–water partition coefficient (Wildman–Crippen LogP) is 3.19. The molecule has 0 atom stereocenters. The second kappa shape index (κ2) is 6.10. The van der Waals surface area contributed by atoms with Crippen molar-refractivity contribution in [1.82, 2.24) is 4.90 Å². The van der Waals surface area contributed by atoms with Crippen molar-refractivity contribution in [3.63, 3.8) is 0 Å². The third-order valence-corrected chi connectivity index (χ3v) is 4.83. The fourth-order valence-corrected chi connectivity index (χ4v) is 3.60. The van der Waals surface area contributed by atoms with Crippen LogP contribution in [-0.4, -0.2) is 33.2 Å². The summed E-state index contributed by atoms with van der Waals surface area (Å²) in [5.41, 5.74) is 2.41. The zero-order valence-corrected chi connectivity index (χ0v) is 13.8. The molecule has 0 aliphatic carbocycles. The van der Waals surface area contributed by atoms with Crippen LogP contribution < -0.4 is 0 Å². The van der Waals surface area contributed by atoms with Crippen LogP contribution in [-0.2, 0) is 11.2 Å². The minimum atomic E-state index is -0.388. The van der Waals surface area contributed by atoms with Crippen LogP contribution in [0.15, 0.2) is 39.2 Å². The summed E-state index contributed by atoms with van der Waals surface area (Å²) in [6.45, 7) is 2.10. The van der Waals surface area contributed by atoms with E-state index in [1.807, 2.05) is 30.5 Å². The Bertz CT molecular complexity index is 734. The molecule has 0 saturated heterocycles. The Labute approximate surface area is 137 Å². The van der Waals surface area contributed by atoms with Crippen molar-refractivity contribution in [2.24, 2.45) is 9.39 Å². The Morgan fingerprint density at radius 2 is 2.09 bits per heavy atom. The minimum absolute atomic E-state index is 0.132. The Morgan fingerprint density at radius 1 is 1.36 bits per heavy atom. The first kappa shape index (κ1) is 15.1. The molecule has 0 unspecified atom stereocenters. The molecule has 0 fully saturated rings. The van der Waals surface area contributed by atoms with Gasteiger partial charge in [0.15, 0.2) is 5.17 Å². The van der Waals surface area contributed by atoms with Crippen LogP contribution in [0.2, 0.25) is 0 Å². The number of thioether (sulfide) groups is 1. The highest BCUT2D eigenvalue weighted by molar-refractivity contribution is 8.18. The van der Waals surface area contributed by atoms with Crippen molar-refractivity contribution in [2.75, 3.05) is 6.26 Å². The van der Waals surface area contributed by atoms with Crippen LogP contribution in [0.5, 0.6) is 0 Å². The van der Waals surface area contributed by atoms with E-state index in [1.54, 1.807) is 11.0 Å². The van der Waals surface area contributed by atoms with Crippen LogP contribution in [0, 0.1) is 5.41 Å². The molecule has 2 aliphatic rings. The molecule has 0 radical (unpaired) electrons. The predicted molar refractivity (Wildman–Crippen MR) is 94.3 cm³/mol. The first-order valence-corrected chi connectivity index (χ1v) is 8.75. The smallest absolute Gasteiger partial charge is 0.283 e. The van der Waals surface area contributed by atoms with E-state index >= 15 is 0 Å². The third-order valence-electron chi connectivity index (χ3n) is 3.38. The average molecular weight is 330 g/mol. The van der Waals surface area contributed by atoms with E-state index in [1.165, 1.54) is 17.3 Å². The Balaban J connectivity index is 1.96. The number of benzene rings is 1. The van der Waals surface area contributed by atoms with Crippen molar-refractivity contribution in [3.05, 3.63) is 41.0 Å². The molecule has 1 aromatic rings. The quantitative estimate of drug-likeness (QED) is 0.668. The Hall–Kier alpha value is -1.86. The number of nitrogens with one attached hydrogen (secondary N) is 1. The number of carbonyl (C=O) groups excluding carboxylic acids is 1. The first-order chi connectivity index (χ1) is 10.6. The van der Waals surface area contributed by atoms with E-state index in [9.17, 15) is 4.79 Å². The number of hydrogen-bond acceptors (Lipinski definition) is 5. The largest absolute Gasteiger partial charge is 0.283 e. The van der Waals surface area contributed by atoms with Crippen LogP contribution in [0.3, 0.4) is 0 Å². The molecule has 22 heavy (non-hydrogen) atoms. The molecular weight excluding hydrogens is 316 g/mol. The van der Waals surface area contributed by atoms with Crippen LogP contribution in [0.4, 0.5) is 0 Å². The minimum Gasteiger partial charge on any atom is -0.283 e. The van der Waals surface area contributed by atoms with Gasteiger partial charge in [-0.05, 0) is 29.9 Å². The summed E-state index contributed by atoms with van der Waals surface area (Å²) in [4.78, 5) is 17.8. The molecule has 2 aliphatic heterocycles. The van der Waals surface area contributed by atoms with Gasteiger partial charge in [-0.25, -0.2) is 4.90 Å². The molecule has 7 heteroatoms. The van der Waals surface area contributed by atoms with E-state index < -0.39 is 0 Å². The molecule has 2 heterocycles. The highest BCUT2D eigenvalue weighted by Gasteiger charge is 2.36. The lowest BCUT2D eigenvalue weighted by Crippen LogP contribution is -2.41. The van der Waals surface area contributed by atoms with E-state index in [-0.39, 0.29) is 17.3 Å². The van der Waals surface area contributed by atoms with Gasteiger partial charge in [-0.1, -0.05) is 43.0 Å². The number of fused-ring (bicyclic) bond motifs is 1. The number of nitrogens with zero attached hydrogens (tertiary/aromatic N) is 3. The summed E-state index contributed by atoms with van der Waals surface area (Å²) in [7, 11) is 0. The number of aliphatic imine (C=N–C) groups is 1. The summed E-state index contributed by atoms with van der Waals surface area (Å²) in [5.74, 6) is -0.256. The second-order valence-corrected chi connectivity index (χ2v) is 6.21. The number of amides is 1. The van der Waals surface area contributed by atoms with Gasteiger partial charge < -0.3 is 0 Å². The maximum Gasteiger partial charge on any atom is 0.283 e. The van der Waals surface area contributed by atoms with Crippen LogP contribution in [0.25, 0.3) is 6.08 Å². The summed E-state index contributed by atoms with van der Waals surface area (Å²) >= 11 is 2.57. The zero-order valence-electron chi connectivity index (χ0n) is 12.2. The van der Waals surface area contributed by atoms with Crippen LogP contribution >= 0.6 is 23.7 Å². The number of amidine groups is 3. The lowest BCUT2D eigenvalue weighted by Gasteiger charge is -2.23. The SMILES string of the molecule is CCc1ccc(/C=C2/C(=N)N3C(SC)=NSC3=NC2=O)cc1. The van der Waals surface area contributed by atoms with Gasteiger partial charge in [0.2, 0.25) is 5.17 Å². The standard InChI is InChI=1S/C15H14N4OS2/c1-3-9-4-6-10(7-5-9)8-11-12(16)19-14(17-13(11)20)22-18-15(19)21-2/h4-8,16H,3H2,1-2H3/b11-8-,16-12?. The number of rotatable bonds is 2. The van der Waals surface area contributed by atoms with Gasteiger partial charge in [-0.2, -0.15) is 9.39 Å². The molecule has 0 spiro atoms. The topological polar surface area (TPSA) is 68.9 Å². The van der Waals surface area contributed by atoms with Crippen molar-refractivity contribution in [2.45, 2.75) is 13.3 Å². The van der Waals surface area contributed by atoms with E-state index in [0.717, 1.165) is 23.9 Å². The summed E-state index contributed by atoms with van der Waals surface area (Å²) in [5, 5.41) is 9.44. The molecule has 0 aromatic heterocycles. The fourth-order valence-electron chi connectivity index (χ4n) is 2.15. The number of carbonyl (C=O) groups is 1. The molecule has 1 aromatic carbocycles. The molecule has 0 bridgehead atoms. The van der Waals surface area contributed by atoms with Crippen LogP contribution in [0.1, 0.15) is 18.1 Å². The fraction of sp³-hybridized carbons (Fsp3) is 0.200. The van der Waals surface area contributed by atoms with Crippen molar-refractivity contribution >= 4 is 51.9 Å². The number of hydrogen-bond donors (Lipinski definition) is 1. The van der Waals surface area contributed by atoms with Gasteiger partial charge in [-0.15, -0.1) is 0 Å². The van der Waals surface area contributed by atoms with Gasteiger partial charge in [-0.3, -0.25) is 10.2 Å². The number of aryl methyl sites for hydroxylation is 1. The highest BCUT2D eigenvalue weighted by Crippen LogP contribution is 2.31. The lowest BCUT2D eigenvalue weighted by molar-refractivity contribution is -0.114. The Morgan fingerprint density at radius 3 is 2.73 bits per heavy atom. The molecule has 0 saturated carbocycles. The molecule has 112 valence electrons. The summed E-state index contributed by atoms with van der Waals surface area (Å²) < 4.78 is 4.22. The second-order valence-electron chi connectivity index (χ2n) is 4.71. The maximum absolute atomic E-state index is 12.2. The molecule has 3 rings (SSSR count). The third kappa shape index (κ3) is 2.62. The van der Waals surface area contributed by atoms with Crippen molar-refractivity contribution in [3.8, 4) is 0 Å². The molecule has 1 N–H and O–H groups in total. The van der Waals surface area contributed by atoms with E-state index in [0.29, 0.717) is 10.3 Å². The van der Waals surface area contributed by atoms with E-state index in [4.69, 9.17) is 5.41 Å². The lowest BCUT2D eigenvalue weighted by atomic mass is 10.1. The van der Waals surface area contributed by atoms with Gasteiger partial charge in [0.1, 0.15) is 5.84 Å². The molecule has 5 nitrogen and oxygen atoms in total. The first-order valence-electron chi connectivity index (χ1n) is 6.75. The average Bonchev–Trinajstić information content (AvgIpc) is 2.95. The summed E-state index contributed by atoms with van der Waals surface area (Å²) in [6.07, 6.45) is 4.57. The highest BCUT2D eigenvalue weighted by atomic mass is 32.2. The van der Waals surface area contributed by atoms with Gasteiger partial charge in [0, 0.05) is 0 Å². The van der Waals surface area contributed by atoms with Crippen molar-refractivity contribution < 1.29 is 4.79 Å². The van der Waals surface area contributed by atoms with Gasteiger partial charge in [0.05, 0.1) is 17.5 Å². The normalized spacial score (nSPS) is 19.4.